The Kier molecular flexibility index (Phi) is 6.78. The Morgan fingerprint density at radius 2 is 1.16 bits per heavy atom. The van der Waals surface area contributed by atoms with E-state index in [9.17, 15) is 0 Å². The van der Waals surface area contributed by atoms with Gasteiger partial charge in [0, 0.05) is 42.5 Å². The van der Waals surface area contributed by atoms with Crippen LogP contribution in [0.15, 0.2) is 176 Å². The predicted octanol–water partition coefficient (Wildman–Crippen LogP) is 14.3. The van der Waals surface area contributed by atoms with E-state index >= 15 is 0 Å². The van der Waals surface area contributed by atoms with Crippen LogP contribution in [0.25, 0.3) is 64.3 Å². The first-order chi connectivity index (χ1) is 25.0. The van der Waals surface area contributed by atoms with E-state index in [2.05, 4.69) is 195 Å². The third-order valence-electron chi connectivity index (χ3n) is 10.9. The molecule has 8 aromatic carbocycles. The van der Waals surface area contributed by atoms with Gasteiger partial charge in [0.1, 0.15) is 0 Å². The maximum atomic E-state index is 2.45. The maximum absolute atomic E-state index is 2.45. The number of para-hydroxylation sites is 1. The molecule has 1 heterocycles. The topological polar surface area (TPSA) is 3.24 Å². The van der Waals surface area contributed by atoms with Crippen molar-refractivity contribution in [3.63, 3.8) is 0 Å². The average molecular weight is 670 g/mol. The number of anilines is 3. The third kappa shape index (κ3) is 4.75. The van der Waals surface area contributed by atoms with E-state index in [1.165, 1.54) is 75.5 Å². The van der Waals surface area contributed by atoms with Crippen LogP contribution >= 0.6 is 11.3 Å². The van der Waals surface area contributed by atoms with E-state index in [-0.39, 0.29) is 5.41 Å². The Morgan fingerprint density at radius 1 is 0.451 bits per heavy atom. The summed E-state index contributed by atoms with van der Waals surface area (Å²) >= 11 is 1.90. The van der Waals surface area contributed by atoms with Crippen LogP contribution in [-0.4, -0.2) is 0 Å². The summed E-state index contributed by atoms with van der Waals surface area (Å²) in [6.07, 6.45) is 0. The lowest BCUT2D eigenvalue weighted by molar-refractivity contribution is 0.661. The lowest BCUT2D eigenvalue weighted by atomic mass is 9.82. The normalized spacial score (nSPS) is 13.1. The van der Waals surface area contributed by atoms with Gasteiger partial charge in [-0.05, 0) is 98.2 Å². The summed E-state index contributed by atoms with van der Waals surface area (Å²) in [4.78, 5) is 2.45. The van der Waals surface area contributed by atoms with Crippen LogP contribution in [0.3, 0.4) is 0 Å². The lowest BCUT2D eigenvalue weighted by Gasteiger charge is -2.30. The van der Waals surface area contributed by atoms with Crippen molar-refractivity contribution < 1.29 is 0 Å². The van der Waals surface area contributed by atoms with Crippen molar-refractivity contribution in [1.82, 2.24) is 0 Å². The van der Waals surface area contributed by atoms with Gasteiger partial charge >= 0.3 is 0 Å². The molecule has 9 aromatic rings. The standard InChI is InChI=1S/C49H35NS/c1-49(2)42-28-29-46-48(41-17-9-11-19-45(41)51-46)47(42)40-27-26-38(31-43(40)49)50(44-18-10-8-16-39(44)34-13-4-3-5-14-34)37-24-22-33(23-25-37)36-21-20-32-12-6-7-15-35(32)30-36/h3-31H,1-2H3. The fourth-order valence-electron chi connectivity index (χ4n) is 8.30. The Balaban J connectivity index is 1.15. The van der Waals surface area contributed by atoms with Crippen molar-refractivity contribution in [2.45, 2.75) is 19.3 Å². The molecule has 0 amide bonds. The molecule has 0 atom stereocenters. The van der Waals surface area contributed by atoms with Crippen LogP contribution in [0, 0.1) is 0 Å². The highest BCUT2D eigenvalue weighted by atomic mass is 32.1. The SMILES string of the molecule is CC1(C)c2cc(N(c3ccc(-c4ccc5ccccc5c4)cc3)c3ccccc3-c3ccccc3)ccc2-c2c1ccc1sc3ccccc3c21. The van der Waals surface area contributed by atoms with E-state index in [0.717, 1.165) is 17.1 Å². The van der Waals surface area contributed by atoms with Crippen LogP contribution in [0.5, 0.6) is 0 Å². The first kappa shape index (κ1) is 29.9. The van der Waals surface area contributed by atoms with Gasteiger partial charge in [-0.25, -0.2) is 0 Å². The van der Waals surface area contributed by atoms with Gasteiger partial charge in [-0.2, -0.15) is 0 Å². The van der Waals surface area contributed by atoms with Gasteiger partial charge in [-0.1, -0.05) is 141 Å². The second-order valence-corrected chi connectivity index (χ2v) is 15.2. The Hall–Kier alpha value is -5.96. The van der Waals surface area contributed by atoms with Gasteiger partial charge in [0.25, 0.3) is 0 Å². The molecule has 1 aliphatic carbocycles. The van der Waals surface area contributed by atoms with E-state index in [4.69, 9.17) is 0 Å². The molecule has 0 unspecified atom stereocenters. The maximum Gasteiger partial charge on any atom is 0.0540 e. The number of thiophene rings is 1. The molecule has 0 spiro atoms. The van der Waals surface area contributed by atoms with Crippen LogP contribution in [0.1, 0.15) is 25.0 Å². The number of hydrogen-bond acceptors (Lipinski definition) is 2. The first-order valence-corrected chi connectivity index (χ1v) is 18.5. The van der Waals surface area contributed by atoms with Crippen molar-refractivity contribution in [2.75, 3.05) is 4.90 Å². The largest absolute Gasteiger partial charge is 0.310 e. The molecule has 242 valence electrons. The molecular formula is C49H35NS. The molecule has 1 aromatic heterocycles. The summed E-state index contributed by atoms with van der Waals surface area (Å²) < 4.78 is 2.70. The molecule has 51 heavy (non-hydrogen) atoms. The zero-order chi connectivity index (χ0) is 34.1. The molecule has 1 nitrogen and oxygen atoms in total. The molecule has 0 saturated heterocycles. The molecule has 1 aliphatic rings. The second kappa shape index (κ2) is 11.6. The van der Waals surface area contributed by atoms with E-state index < -0.39 is 0 Å². The van der Waals surface area contributed by atoms with Crippen molar-refractivity contribution in [1.29, 1.82) is 0 Å². The summed E-state index contributed by atoms with van der Waals surface area (Å²) in [5.74, 6) is 0. The molecular weight excluding hydrogens is 635 g/mol. The summed E-state index contributed by atoms with van der Waals surface area (Å²) in [7, 11) is 0. The van der Waals surface area contributed by atoms with Gasteiger partial charge in [0.15, 0.2) is 0 Å². The van der Waals surface area contributed by atoms with Gasteiger partial charge in [0.2, 0.25) is 0 Å². The highest BCUT2D eigenvalue weighted by Crippen LogP contribution is 2.55. The molecule has 0 aliphatic heterocycles. The molecule has 10 rings (SSSR count). The quantitative estimate of drug-likeness (QED) is 0.176. The molecule has 0 radical (unpaired) electrons. The highest BCUT2D eigenvalue weighted by Gasteiger charge is 2.38. The predicted molar refractivity (Wildman–Crippen MR) is 220 cm³/mol. The summed E-state index contributed by atoms with van der Waals surface area (Å²) in [6.45, 7) is 4.78. The van der Waals surface area contributed by atoms with Gasteiger partial charge in [0.05, 0.1) is 5.69 Å². The van der Waals surface area contributed by atoms with Crippen molar-refractivity contribution in [3.05, 3.63) is 187 Å². The van der Waals surface area contributed by atoms with Crippen molar-refractivity contribution in [2.24, 2.45) is 0 Å². The van der Waals surface area contributed by atoms with Crippen molar-refractivity contribution in [3.8, 4) is 33.4 Å². The average Bonchev–Trinajstić information content (AvgIpc) is 3.67. The van der Waals surface area contributed by atoms with Crippen LogP contribution in [-0.2, 0) is 5.41 Å². The Bertz CT molecular complexity index is 2770. The number of fused-ring (bicyclic) bond motifs is 8. The fraction of sp³-hybridized carbons (Fsp3) is 0.0612. The van der Waals surface area contributed by atoms with E-state index in [1.807, 2.05) is 11.3 Å². The minimum absolute atomic E-state index is 0.150. The Labute approximate surface area is 302 Å². The number of rotatable bonds is 5. The van der Waals surface area contributed by atoms with Gasteiger partial charge in [-0.15, -0.1) is 11.3 Å². The summed E-state index contributed by atoms with van der Waals surface area (Å²) in [5.41, 5.74) is 13.6. The summed E-state index contributed by atoms with van der Waals surface area (Å²) in [5, 5.41) is 5.26. The number of nitrogens with zero attached hydrogens (tertiary/aromatic N) is 1. The van der Waals surface area contributed by atoms with E-state index in [1.54, 1.807) is 0 Å². The molecule has 0 saturated carbocycles. The second-order valence-electron chi connectivity index (χ2n) is 14.1. The van der Waals surface area contributed by atoms with Gasteiger partial charge in [-0.3, -0.25) is 0 Å². The van der Waals surface area contributed by atoms with Crippen molar-refractivity contribution >= 4 is 59.3 Å². The first-order valence-electron chi connectivity index (χ1n) is 17.7. The van der Waals surface area contributed by atoms with Gasteiger partial charge < -0.3 is 4.90 Å². The third-order valence-corrected chi connectivity index (χ3v) is 12.0. The minimum atomic E-state index is -0.150. The minimum Gasteiger partial charge on any atom is -0.310 e. The van der Waals surface area contributed by atoms with Crippen LogP contribution in [0.2, 0.25) is 0 Å². The highest BCUT2D eigenvalue weighted by molar-refractivity contribution is 7.26. The number of hydrogen-bond donors (Lipinski definition) is 0. The van der Waals surface area contributed by atoms with Crippen LogP contribution < -0.4 is 4.90 Å². The lowest BCUT2D eigenvalue weighted by Crippen LogP contribution is -2.16. The monoisotopic (exact) mass is 669 g/mol. The number of benzene rings is 8. The smallest absolute Gasteiger partial charge is 0.0540 e. The molecule has 0 bridgehead atoms. The molecule has 0 fully saturated rings. The van der Waals surface area contributed by atoms with Crippen LogP contribution in [0.4, 0.5) is 17.1 Å². The summed E-state index contributed by atoms with van der Waals surface area (Å²) in [6, 6.07) is 64.7. The zero-order valence-corrected chi connectivity index (χ0v) is 29.4. The zero-order valence-electron chi connectivity index (χ0n) is 28.6. The molecule has 0 N–H and O–H groups in total. The Morgan fingerprint density at radius 3 is 2.02 bits per heavy atom. The molecule has 2 heteroatoms. The van der Waals surface area contributed by atoms with E-state index in [0.29, 0.717) is 0 Å². The fourth-order valence-corrected chi connectivity index (χ4v) is 9.41.